The maximum atomic E-state index is 5.64. The van der Waals surface area contributed by atoms with Crippen molar-refractivity contribution in [3.63, 3.8) is 0 Å². The lowest BCUT2D eigenvalue weighted by atomic mass is 10.1. The summed E-state index contributed by atoms with van der Waals surface area (Å²) in [4.78, 5) is 8.68. The molecule has 0 fully saturated rings. The molecule has 0 atom stereocenters. The standard InChI is InChI=1S/C14H12N2O/c1-9-4-3-5-11(6-9)13-16-12-7-10(2)8-15-14(12)17-13/h3-8H,1-2H3. The monoisotopic (exact) mass is 224 g/mol. The number of aryl methyl sites for hydroxylation is 2. The van der Waals surface area contributed by atoms with Crippen molar-refractivity contribution in [2.45, 2.75) is 13.8 Å². The minimum atomic E-state index is 0.590. The number of aromatic nitrogens is 2. The van der Waals surface area contributed by atoms with E-state index in [0.717, 1.165) is 16.6 Å². The average Bonchev–Trinajstić information content (AvgIpc) is 2.72. The fraction of sp³-hybridized carbons (Fsp3) is 0.143. The van der Waals surface area contributed by atoms with Gasteiger partial charge < -0.3 is 4.42 Å². The van der Waals surface area contributed by atoms with Gasteiger partial charge in [0.25, 0.3) is 0 Å². The van der Waals surface area contributed by atoms with Crippen LogP contribution in [0.25, 0.3) is 22.7 Å². The van der Waals surface area contributed by atoms with Gasteiger partial charge in [-0.05, 0) is 37.6 Å². The molecule has 0 amide bonds. The van der Waals surface area contributed by atoms with Crippen LogP contribution in [0.15, 0.2) is 40.9 Å². The van der Waals surface area contributed by atoms with Crippen LogP contribution in [-0.2, 0) is 0 Å². The predicted octanol–water partition coefficient (Wildman–Crippen LogP) is 3.51. The number of fused-ring (bicyclic) bond motifs is 1. The molecule has 0 N–H and O–H groups in total. The Morgan fingerprint density at radius 2 is 1.94 bits per heavy atom. The van der Waals surface area contributed by atoms with Gasteiger partial charge in [0.05, 0.1) is 0 Å². The van der Waals surface area contributed by atoms with Gasteiger partial charge in [0, 0.05) is 11.8 Å². The summed E-state index contributed by atoms with van der Waals surface area (Å²) in [6, 6.07) is 10.1. The summed E-state index contributed by atoms with van der Waals surface area (Å²) >= 11 is 0. The minimum Gasteiger partial charge on any atom is -0.418 e. The van der Waals surface area contributed by atoms with Crippen LogP contribution in [0, 0.1) is 13.8 Å². The molecule has 1 aromatic carbocycles. The highest BCUT2D eigenvalue weighted by Gasteiger charge is 2.08. The number of rotatable bonds is 1. The lowest BCUT2D eigenvalue weighted by Crippen LogP contribution is -1.78. The lowest BCUT2D eigenvalue weighted by Gasteiger charge is -1.95. The number of hydrogen-bond donors (Lipinski definition) is 0. The van der Waals surface area contributed by atoms with Gasteiger partial charge in [-0.25, -0.2) is 9.97 Å². The molecule has 3 aromatic rings. The lowest BCUT2D eigenvalue weighted by molar-refractivity contribution is 0.607. The van der Waals surface area contributed by atoms with Crippen molar-refractivity contribution in [2.75, 3.05) is 0 Å². The third kappa shape index (κ3) is 1.80. The predicted molar refractivity (Wildman–Crippen MR) is 66.7 cm³/mol. The van der Waals surface area contributed by atoms with Gasteiger partial charge in [-0.15, -0.1) is 0 Å². The minimum absolute atomic E-state index is 0.590. The second-order valence-electron chi connectivity index (χ2n) is 4.23. The van der Waals surface area contributed by atoms with Gasteiger partial charge in [-0.1, -0.05) is 17.7 Å². The van der Waals surface area contributed by atoms with Crippen LogP contribution in [0.3, 0.4) is 0 Å². The molecule has 17 heavy (non-hydrogen) atoms. The summed E-state index contributed by atoms with van der Waals surface area (Å²) in [6.07, 6.45) is 1.79. The van der Waals surface area contributed by atoms with Gasteiger partial charge >= 0.3 is 0 Å². The highest BCUT2D eigenvalue weighted by atomic mass is 16.4. The van der Waals surface area contributed by atoms with Crippen LogP contribution in [0.4, 0.5) is 0 Å². The van der Waals surface area contributed by atoms with Crippen molar-refractivity contribution in [3.8, 4) is 11.5 Å². The molecule has 0 spiro atoms. The molecule has 84 valence electrons. The largest absolute Gasteiger partial charge is 0.418 e. The number of hydrogen-bond acceptors (Lipinski definition) is 3. The van der Waals surface area contributed by atoms with E-state index in [9.17, 15) is 0 Å². The van der Waals surface area contributed by atoms with Gasteiger partial charge in [0.1, 0.15) is 5.52 Å². The zero-order valence-corrected chi connectivity index (χ0v) is 9.77. The van der Waals surface area contributed by atoms with Crippen molar-refractivity contribution in [1.82, 2.24) is 9.97 Å². The van der Waals surface area contributed by atoms with Gasteiger partial charge in [-0.3, -0.25) is 0 Å². The van der Waals surface area contributed by atoms with E-state index in [-0.39, 0.29) is 0 Å². The highest BCUT2D eigenvalue weighted by Crippen LogP contribution is 2.23. The van der Waals surface area contributed by atoms with Crippen LogP contribution in [0.5, 0.6) is 0 Å². The molecule has 0 bridgehead atoms. The van der Waals surface area contributed by atoms with Crippen LogP contribution in [-0.4, -0.2) is 9.97 Å². The van der Waals surface area contributed by atoms with E-state index in [2.05, 4.69) is 29.0 Å². The van der Waals surface area contributed by atoms with Gasteiger partial charge in [0.2, 0.25) is 11.6 Å². The topological polar surface area (TPSA) is 38.9 Å². The second-order valence-corrected chi connectivity index (χ2v) is 4.23. The first-order chi connectivity index (χ1) is 8.22. The number of nitrogens with zero attached hydrogens (tertiary/aromatic N) is 2. The molecule has 2 aromatic heterocycles. The number of pyridine rings is 1. The summed E-state index contributed by atoms with van der Waals surface area (Å²) in [7, 11) is 0. The average molecular weight is 224 g/mol. The van der Waals surface area contributed by atoms with Crippen molar-refractivity contribution < 1.29 is 4.42 Å². The van der Waals surface area contributed by atoms with E-state index in [0.29, 0.717) is 11.6 Å². The fourth-order valence-corrected chi connectivity index (χ4v) is 1.83. The zero-order chi connectivity index (χ0) is 11.8. The fourth-order valence-electron chi connectivity index (χ4n) is 1.83. The van der Waals surface area contributed by atoms with E-state index in [1.54, 1.807) is 6.20 Å². The van der Waals surface area contributed by atoms with Crippen molar-refractivity contribution in [3.05, 3.63) is 47.7 Å². The highest BCUT2D eigenvalue weighted by molar-refractivity contribution is 5.73. The number of oxazole rings is 1. The Hall–Kier alpha value is -2.16. The molecular formula is C14H12N2O. The molecular weight excluding hydrogens is 212 g/mol. The van der Waals surface area contributed by atoms with Crippen LogP contribution in [0.2, 0.25) is 0 Å². The molecule has 3 rings (SSSR count). The van der Waals surface area contributed by atoms with E-state index in [1.807, 2.05) is 25.1 Å². The van der Waals surface area contributed by atoms with Crippen molar-refractivity contribution in [2.24, 2.45) is 0 Å². The third-order valence-electron chi connectivity index (χ3n) is 2.65. The molecule has 3 nitrogen and oxygen atoms in total. The van der Waals surface area contributed by atoms with Gasteiger partial charge in [0.15, 0.2) is 0 Å². The molecule has 0 saturated heterocycles. The summed E-state index contributed by atoms with van der Waals surface area (Å²) in [5.41, 5.74) is 4.66. The quantitative estimate of drug-likeness (QED) is 0.635. The molecule has 0 saturated carbocycles. The summed E-state index contributed by atoms with van der Waals surface area (Å²) in [5.74, 6) is 0.627. The van der Waals surface area contributed by atoms with E-state index < -0.39 is 0 Å². The summed E-state index contributed by atoms with van der Waals surface area (Å²) < 4.78 is 5.64. The van der Waals surface area contributed by atoms with E-state index >= 15 is 0 Å². The van der Waals surface area contributed by atoms with Crippen molar-refractivity contribution >= 4 is 11.2 Å². The molecule has 3 heteroatoms. The Bertz CT molecular complexity index is 686. The normalized spacial score (nSPS) is 10.9. The molecule has 0 unspecified atom stereocenters. The molecule has 0 aliphatic heterocycles. The summed E-state index contributed by atoms with van der Waals surface area (Å²) in [6.45, 7) is 4.04. The first-order valence-electron chi connectivity index (χ1n) is 5.52. The van der Waals surface area contributed by atoms with E-state index in [4.69, 9.17) is 4.42 Å². The van der Waals surface area contributed by atoms with Gasteiger partial charge in [-0.2, -0.15) is 0 Å². The maximum absolute atomic E-state index is 5.64. The van der Waals surface area contributed by atoms with Crippen LogP contribution in [0.1, 0.15) is 11.1 Å². The molecule has 0 radical (unpaired) electrons. The summed E-state index contributed by atoms with van der Waals surface area (Å²) in [5, 5.41) is 0. The first-order valence-corrected chi connectivity index (χ1v) is 5.52. The Kier molecular flexibility index (Phi) is 2.18. The SMILES string of the molecule is Cc1cccc(-c2nc3cc(C)cnc3o2)c1. The first kappa shape index (κ1) is 10.0. The van der Waals surface area contributed by atoms with Crippen LogP contribution >= 0.6 is 0 Å². The Morgan fingerprint density at radius 3 is 2.76 bits per heavy atom. The van der Waals surface area contributed by atoms with Crippen LogP contribution < -0.4 is 0 Å². The maximum Gasteiger partial charge on any atom is 0.247 e. The molecule has 2 heterocycles. The Balaban J connectivity index is 2.18. The second kappa shape index (κ2) is 3.70. The van der Waals surface area contributed by atoms with Crippen molar-refractivity contribution in [1.29, 1.82) is 0 Å². The van der Waals surface area contributed by atoms with E-state index in [1.165, 1.54) is 5.56 Å². The zero-order valence-electron chi connectivity index (χ0n) is 9.77. The Labute approximate surface area is 99.1 Å². The third-order valence-corrected chi connectivity index (χ3v) is 2.65. The smallest absolute Gasteiger partial charge is 0.247 e. The Morgan fingerprint density at radius 1 is 1.06 bits per heavy atom. The molecule has 0 aliphatic rings. The number of benzene rings is 1. The molecule has 0 aliphatic carbocycles.